The minimum Gasteiger partial charge on any atom is -0.493 e. The molecule has 486 valence electrons. The summed E-state index contributed by atoms with van der Waals surface area (Å²) < 4.78 is 48.1. The minimum atomic E-state index is -2.16. The predicted molar refractivity (Wildman–Crippen MR) is 350 cm³/mol. The molecule has 2 fully saturated rings. The predicted octanol–water partition coefficient (Wildman–Crippen LogP) is 11.8. The lowest BCUT2D eigenvalue weighted by Crippen LogP contribution is -2.53. The quantitative estimate of drug-likeness (QED) is 0.0211. The molecule has 0 radical (unpaired) electrons. The molecule has 6 rings (SSSR count). The number of anilines is 3. The summed E-state index contributed by atoms with van der Waals surface area (Å²) in [4.78, 5) is 84.7. The zero-order valence-electron chi connectivity index (χ0n) is 54.8. The van der Waals surface area contributed by atoms with Crippen LogP contribution in [0.2, 0.25) is 36.3 Å². The molecule has 0 spiro atoms. The van der Waals surface area contributed by atoms with Crippen molar-refractivity contribution in [3.8, 4) is 23.0 Å². The summed E-state index contributed by atoms with van der Waals surface area (Å²) in [7, 11) is -1.19. The highest BCUT2D eigenvalue weighted by molar-refractivity contribution is 6.74. The summed E-state index contributed by atoms with van der Waals surface area (Å²) in [6.45, 7) is 32.4. The molecule has 0 bridgehead atoms. The van der Waals surface area contributed by atoms with Gasteiger partial charge in [0.15, 0.2) is 39.6 Å². The SMILES string of the molecule is C=CCOC(=O)NC(C(=O)NC(C)C(=O)Nc1ccc(COC(=O)Nc2cc(OCc3cccc(COc4cc(N)c(C(=O)N5CCCC5CO[Si](C)(C)C(C)(C)C)cc4OC)c3)c(OC)cc2C(=O)N2CCCC2CO[Si](C)(C)C(C)(C)C)cc1)C(C)C. The van der Waals surface area contributed by atoms with Crippen molar-refractivity contribution in [2.75, 3.05) is 63.5 Å². The number of ether oxygens (including phenoxy) is 6. The maximum atomic E-state index is 14.8. The maximum Gasteiger partial charge on any atom is 0.411 e. The molecule has 0 aromatic heterocycles. The molecular formula is C66H95N7O14Si2. The van der Waals surface area contributed by atoms with E-state index in [-0.39, 0.29) is 94.8 Å². The normalized spacial score (nSPS) is 16.0. The van der Waals surface area contributed by atoms with Gasteiger partial charge in [-0.25, -0.2) is 9.59 Å². The zero-order valence-corrected chi connectivity index (χ0v) is 56.8. The van der Waals surface area contributed by atoms with Gasteiger partial charge in [-0.05, 0) is 122 Å². The van der Waals surface area contributed by atoms with E-state index >= 15 is 0 Å². The number of alkyl carbamates (subject to hydrolysis) is 1. The lowest BCUT2D eigenvalue weighted by atomic mass is 10.0. The van der Waals surface area contributed by atoms with E-state index in [1.165, 1.54) is 27.2 Å². The molecule has 4 unspecified atom stereocenters. The molecule has 2 aliphatic rings. The highest BCUT2D eigenvalue weighted by Gasteiger charge is 2.42. The molecular weight excluding hydrogens is 1170 g/mol. The second-order valence-corrected chi connectivity index (χ2v) is 35.8. The van der Waals surface area contributed by atoms with E-state index < -0.39 is 52.7 Å². The third-order valence-corrected chi connectivity index (χ3v) is 26.2. The molecule has 4 aromatic carbocycles. The van der Waals surface area contributed by atoms with Crippen molar-refractivity contribution >= 4 is 69.5 Å². The fourth-order valence-corrected chi connectivity index (χ4v) is 11.7. The van der Waals surface area contributed by atoms with Gasteiger partial charge < -0.3 is 68.8 Å². The van der Waals surface area contributed by atoms with Crippen molar-refractivity contribution < 1.29 is 66.0 Å². The van der Waals surface area contributed by atoms with E-state index in [0.29, 0.717) is 54.6 Å². The first-order valence-electron chi connectivity index (χ1n) is 30.5. The van der Waals surface area contributed by atoms with Crippen LogP contribution >= 0.6 is 0 Å². The Hall–Kier alpha value is -7.61. The Morgan fingerprint density at radius 1 is 0.629 bits per heavy atom. The Morgan fingerprint density at radius 2 is 1.15 bits per heavy atom. The van der Waals surface area contributed by atoms with Crippen molar-refractivity contribution in [2.24, 2.45) is 5.92 Å². The number of carbonyl (C=O) groups is 6. The standard InChI is InChI=1S/C66H95N7O14Si2/c1-17-31-82-64(79)71-58(42(2)3)60(75)68-43(4)59(74)69-47-27-25-44(26-28-47)37-85-63(78)70-53-36-57(55(81-12)34-51(53)62(77)73-30-20-24-49(73)41-87-89(15,16)66(8,9)10)84-39-46-22-18-21-45(32-46)38-83-56-35-52(67)50(33-54(56)80-11)61(76)72-29-19-23-48(72)40-86-88(13,14)65(5,6)7/h17-18,21-22,25-28,32-36,42-43,48-49,58H,1,19-20,23-24,29-31,37-41,67H2,2-16H3,(H,68,75)(H,69,74)(H,70,78)(H,71,79). The first-order valence-corrected chi connectivity index (χ1v) is 36.3. The van der Waals surface area contributed by atoms with E-state index in [0.717, 1.165) is 36.8 Å². The number of amides is 6. The smallest absolute Gasteiger partial charge is 0.411 e. The van der Waals surface area contributed by atoms with E-state index in [1.807, 2.05) is 29.2 Å². The average Bonchev–Trinajstić information content (AvgIpc) is 3.56. The molecule has 2 heterocycles. The molecule has 6 N–H and O–H groups in total. The van der Waals surface area contributed by atoms with Crippen molar-refractivity contribution in [2.45, 2.75) is 168 Å². The lowest BCUT2D eigenvalue weighted by molar-refractivity contribution is -0.128. The average molecular weight is 1270 g/mol. The van der Waals surface area contributed by atoms with Crippen molar-refractivity contribution in [3.05, 3.63) is 113 Å². The Balaban J connectivity index is 1.14. The first-order chi connectivity index (χ1) is 41.9. The molecule has 89 heavy (non-hydrogen) atoms. The third kappa shape index (κ3) is 19.0. The number of nitrogen functional groups attached to an aromatic ring is 1. The van der Waals surface area contributed by atoms with Gasteiger partial charge in [-0.3, -0.25) is 24.5 Å². The van der Waals surface area contributed by atoms with Gasteiger partial charge in [0.2, 0.25) is 11.8 Å². The van der Waals surface area contributed by atoms with Crippen molar-refractivity contribution in [1.29, 1.82) is 0 Å². The molecule has 0 aliphatic carbocycles. The van der Waals surface area contributed by atoms with Crippen LogP contribution in [0.25, 0.3) is 0 Å². The molecule has 21 nitrogen and oxygen atoms in total. The number of hydrogen-bond acceptors (Lipinski definition) is 15. The second-order valence-electron chi connectivity index (χ2n) is 26.1. The Labute approximate surface area is 527 Å². The van der Waals surface area contributed by atoms with Gasteiger partial charge in [0.1, 0.15) is 38.5 Å². The van der Waals surface area contributed by atoms with Gasteiger partial charge in [0.25, 0.3) is 11.8 Å². The number of methoxy groups -OCH3 is 2. The molecule has 23 heteroatoms. The minimum absolute atomic E-state index is 0.0276. The van der Waals surface area contributed by atoms with Crippen LogP contribution in [0.3, 0.4) is 0 Å². The molecule has 4 atom stereocenters. The Bertz CT molecular complexity index is 3140. The summed E-state index contributed by atoms with van der Waals surface area (Å²) in [5, 5.41) is 10.7. The largest absolute Gasteiger partial charge is 0.493 e. The van der Waals surface area contributed by atoms with E-state index in [1.54, 1.807) is 67.3 Å². The Morgan fingerprint density at radius 3 is 1.65 bits per heavy atom. The number of carbonyl (C=O) groups excluding carboxylic acids is 6. The third-order valence-electron chi connectivity index (χ3n) is 17.2. The number of nitrogens with two attached hydrogens (primary N) is 1. The molecule has 6 amide bonds. The van der Waals surface area contributed by atoms with Crippen LogP contribution in [0.15, 0.2) is 85.5 Å². The van der Waals surface area contributed by atoms with E-state index in [9.17, 15) is 28.8 Å². The lowest BCUT2D eigenvalue weighted by Gasteiger charge is -2.38. The summed E-state index contributed by atoms with van der Waals surface area (Å²) in [6.07, 6.45) is 3.02. The topological polar surface area (TPSA) is 257 Å². The summed E-state index contributed by atoms with van der Waals surface area (Å²) in [5.74, 6) is -0.642. The number of benzene rings is 4. The number of nitrogens with zero attached hydrogens (tertiary/aromatic N) is 2. The summed E-state index contributed by atoms with van der Waals surface area (Å²) in [6, 6.07) is 18.4. The fourth-order valence-electron chi connectivity index (χ4n) is 9.62. The van der Waals surface area contributed by atoms with Crippen molar-refractivity contribution in [3.63, 3.8) is 0 Å². The van der Waals surface area contributed by atoms with E-state index in [4.69, 9.17) is 43.0 Å². The van der Waals surface area contributed by atoms with Crippen LogP contribution in [0.4, 0.5) is 26.7 Å². The van der Waals surface area contributed by atoms with Gasteiger partial charge in [-0.2, -0.15) is 0 Å². The molecule has 2 aliphatic heterocycles. The summed E-state index contributed by atoms with van der Waals surface area (Å²) >= 11 is 0. The van der Waals surface area contributed by atoms with Crippen LogP contribution in [-0.4, -0.2) is 134 Å². The van der Waals surface area contributed by atoms with Gasteiger partial charge in [0.05, 0.1) is 56.3 Å². The van der Waals surface area contributed by atoms with E-state index in [2.05, 4.69) is 95.6 Å². The van der Waals surface area contributed by atoms with Gasteiger partial charge >= 0.3 is 12.2 Å². The monoisotopic (exact) mass is 1270 g/mol. The number of hydrogen-bond donors (Lipinski definition) is 5. The van der Waals surface area contributed by atoms with Crippen LogP contribution in [0.5, 0.6) is 23.0 Å². The van der Waals surface area contributed by atoms with Gasteiger partial charge in [0, 0.05) is 36.6 Å². The van der Waals surface area contributed by atoms with Crippen LogP contribution in [0.1, 0.15) is 125 Å². The highest BCUT2D eigenvalue weighted by Crippen LogP contribution is 2.41. The highest BCUT2D eigenvalue weighted by atomic mass is 28.4. The molecule has 4 aromatic rings. The number of likely N-dealkylation sites (tertiary alicyclic amines) is 2. The number of rotatable bonds is 27. The van der Waals surface area contributed by atoms with Gasteiger partial charge in [-0.1, -0.05) is 98.4 Å². The fraction of sp³-hybridized carbons (Fsp3) is 0.515. The second kappa shape index (κ2) is 30.7. The van der Waals surface area contributed by atoms with Gasteiger partial charge in [-0.15, -0.1) is 0 Å². The Kier molecular flexibility index (Phi) is 24.3. The van der Waals surface area contributed by atoms with Crippen molar-refractivity contribution in [1.82, 2.24) is 20.4 Å². The number of nitrogens with one attached hydrogen (secondary N) is 4. The molecule has 0 saturated carbocycles. The van der Waals surface area contributed by atoms with Crippen LogP contribution < -0.4 is 45.9 Å². The summed E-state index contributed by atoms with van der Waals surface area (Å²) in [5.41, 5.74) is 10.1. The van der Waals surface area contributed by atoms with Crippen LogP contribution in [-0.2, 0) is 47.7 Å². The zero-order chi connectivity index (χ0) is 65.6. The molecule has 2 saturated heterocycles. The maximum absolute atomic E-state index is 14.8. The first kappa shape index (κ1) is 70.5. The van der Waals surface area contributed by atoms with Crippen LogP contribution in [0, 0.1) is 5.92 Å².